The zero-order valence-corrected chi connectivity index (χ0v) is 14.1. The van der Waals surface area contributed by atoms with E-state index in [0.29, 0.717) is 5.75 Å². The molecule has 5 heteroatoms. The summed E-state index contributed by atoms with van der Waals surface area (Å²) < 4.78 is 6.21. The standard InChI is InChI=1S/C13H17Br2NO2/c1-7(2)11(15)13(17)16-12-8(3)5-9(14)6-10(12)18-4/h5-7,11H,1-4H3,(H,16,17). The summed E-state index contributed by atoms with van der Waals surface area (Å²) in [5, 5.41) is 2.91. The van der Waals surface area contributed by atoms with E-state index in [1.54, 1.807) is 7.11 Å². The number of amides is 1. The van der Waals surface area contributed by atoms with E-state index >= 15 is 0 Å². The Balaban J connectivity index is 3.00. The molecule has 0 aliphatic carbocycles. The Hall–Kier alpha value is -0.550. The summed E-state index contributed by atoms with van der Waals surface area (Å²) in [6, 6.07) is 3.78. The Kier molecular flexibility index (Phi) is 5.66. The quantitative estimate of drug-likeness (QED) is 0.800. The molecule has 0 radical (unpaired) electrons. The highest BCUT2D eigenvalue weighted by Gasteiger charge is 2.20. The minimum Gasteiger partial charge on any atom is -0.495 e. The van der Waals surface area contributed by atoms with Crippen molar-refractivity contribution in [3.05, 3.63) is 22.2 Å². The molecule has 0 fully saturated rings. The molecule has 1 N–H and O–H groups in total. The van der Waals surface area contributed by atoms with E-state index in [4.69, 9.17) is 4.74 Å². The fourth-order valence-electron chi connectivity index (χ4n) is 1.53. The van der Waals surface area contributed by atoms with Crippen molar-refractivity contribution in [2.24, 2.45) is 5.92 Å². The van der Waals surface area contributed by atoms with Crippen molar-refractivity contribution in [3.8, 4) is 5.75 Å². The van der Waals surface area contributed by atoms with Crippen LogP contribution in [0.2, 0.25) is 0 Å². The predicted molar refractivity (Wildman–Crippen MR) is 81.6 cm³/mol. The molecule has 3 nitrogen and oxygen atoms in total. The van der Waals surface area contributed by atoms with Crippen molar-refractivity contribution in [1.29, 1.82) is 0 Å². The largest absolute Gasteiger partial charge is 0.495 e. The van der Waals surface area contributed by atoms with Gasteiger partial charge in [-0.1, -0.05) is 45.7 Å². The van der Waals surface area contributed by atoms with Gasteiger partial charge in [-0.05, 0) is 30.5 Å². The minimum absolute atomic E-state index is 0.0614. The summed E-state index contributed by atoms with van der Waals surface area (Å²) in [4.78, 5) is 11.8. The third-order valence-electron chi connectivity index (χ3n) is 2.57. The van der Waals surface area contributed by atoms with Crippen LogP contribution in [0.25, 0.3) is 0 Å². The molecule has 1 atom stereocenters. The van der Waals surface area contributed by atoms with Crippen LogP contribution in [0, 0.1) is 12.8 Å². The minimum atomic E-state index is -0.217. The first-order valence-electron chi connectivity index (χ1n) is 5.66. The Morgan fingerprint density at radius 1 is 1.39 bits per heavy atom. The van der Waals surface area contributed by atoms with Gasteiger partial charge in [0.2, 0.25) is 5.91 Å². The number of carbonyl (C=O) groups excluding carboxylic acids is 1. The molecule has 0 aliphatic rings. The Morgan fingerprint density at radius 3 is 2.50 bits per heavy atom. The van der Waals surface area contributed by atoms with Crippen molar-refractivity contribution in [3.63, 3.8) is 0 Å². The van der Waals surface area contributed by atoms with Gasteiger partial charge in [0.15, 0.2) is 0 Å². The number of nitrogens with one attached hydrogen (secondary N) is 1. The van der Waals surface area contributed by atoms with Crippen LogP contribution >= 0.6 is 31.9 Å². The van der Waals surface area contributed by atoms with Crippen molar-refractivity contribution >= 4 is 43.5 Å². The van der Waals surface area contributed by atoms with Gasteiger partial charge in [-0.25, -0.2) is 0 Å². The molecule has 0 saturated carbocycles. The molecule has 1 unspecified atom stereocenters. The van der Waals surface area contributed by atoms with Crippen LogP contribution in [0.5, 0.6) is 5.75 Å². The smallest absolute Gasteiger partial charge is 0.238 e. The van der Waals surface area contributed by atoms with E-state index < -0.39 is 0 Å². The molecule has 0 spiro atoms. The number of halogens is 2. The maximum Gasteiger partial charge on any atom is 0.238 e. The zero-order valence-electron chi connectivity index (χ0n) is 10.9. The van der Waals surface area contributed by atoms with E-state index in [-0.39, 0.29) is 16.7 Å². The van der Waals surface area contributed by atoms with Crippen LogP contribution in [0.4, 0.5) is 5.69 Å². The third kappa shape index (κ3) is 3.72. The number of ether oxygens (including phenoxy) is 1. The predicted octanol–water partition coefficient (Wildman–Crippen LogP) is 4.12. The maximum atomic E-state index is 12.0. The second kappa shape index (κ2) is 6.57. The molecule has 1 aromatic carbocycles. The molecule has 0 saturated heterocycles. The molecule has 0 aromatic heterocycles. The van der Waals surface area contributed by atoms with Crippen LogP contribution in [0.1, 0.15) is 19.4 Å². The van der Waals surface area contributed by atoms with Crippen LogP contribution in [-0.2, 0) is 4.79 Å². The fourth-order valence-corrected chi connectivity index (χ4v) is 2.19. The molecule has 1 amide bonds. The second-order valence-corrected chi connectivity index (χ2v) is 6.34. The second-order valence-electron chi connectivity index (χ2n) is 4.43. The van der Waals surface area contributed by atoms with E-state index in [9.17, 15) is 4.79 Å². The van der Waals surface area contributed by atoms with Gasteiger partial charge >= 0.3 is 0 Å². The van der Waals surface area contributed by atoms with Gasteiger partial charge in [0, 0.05) is 4.47 Å². The normalized spacial score (nSPS) is 12.4. The topological polar surface area (TPSA) is 38.3 Å². The van der Waals surface area contributed by atoms with Gasteiger partial charge in [-0.2, -0.15) is 0 Å². The Labute approximate surface area is 125 Å². The van der Waals surface area contributed by atoms with Crippen molar-refractivity contribution in [1.82, 2.24) is 0 Å². The lowest BCUT2D eigenvalue weighted by Gasteiger charge is -2.17. The maximum absolute atomic E-state index is 12.0. The number of methoxy groups -OCH3 is 1. The van der Waals surface area contributed by atoms with E-state index in [0.717, 1.165) is 15.7 Å². The average Bonchev–Trinajstić information content (AvgIpc) is 2.30. The number of carbonyl (C=O) groups is 1. The van der Waals surface area contributed by atoms with E-state index in [1.807, 2.05) is 32.9 Å². The lowest BCUT2D eigenvalue weighted by Crippen LogP contribution is -2.27. The highest BCUT2D eigenvalue weighted by atomic mass is 79.9. The highest BCUT2D eigenvalue weighted by molar-refractivity contribution is 9.10. The van der Waals surface area contributed by atoms with Crippen LogP contribution in [0.15, 0.2) is 16.6 Å². The lowest BCUT2D eigenvalue weighted by molar-refractivity contribution is -0.116. The van der Waals surface area contributed by atoms with Crippen LogP contribution in [-0.4, -0.2) is 17.8 Å². The van der Waals surface area contributed by atoms with Crippen LogP contribution in [0.3, 0.4) is 0 Å². The summed E-state index contributed by atoms with van der Waals surface area (Å²) in [7, 11) is 1.59. The molecule has 1 rings (SSSR count). The molecule has 18 heavy (non-hydrogen) atoms. The van der Waals surface area contributed by atoms with Crippen molar-refractivity contribution < 1.29 is 9.53 Å². The third-order valence-corrected chi connectivity index (χ3v) is 4.50. The first-order chi connectivity index (χ1) is 8.36. The molecular weight excluding hydrogens is 362 g/mol. The van der Waals surface area contributed by atoms with Crippen molar-refractivity contribution in [2.45, 2.75) is 25.6 Å². The first-order valence-corrected chi connectivity index (χ1v) is 7.36. The molecule has 0 bridgehead atoms. The average molecular weight is 379 g/mol. The lowest BCUT2D eigenvalue weighted by atomic mass is 10.1. The Bertz CT molecular complexity index is 447. The molecular formula is C13H17Br2NO2. The van der Waals surface area contributed by atoms with E-state index in [2.05, 4.69) is 37.2 Å². The number of hydrogen-bond donors (Lipinski definition) is 1. The number of benzene rings is 1. The highest BCUT2D eigenvalue weighted by Crippen LogP contribution is 2.32. The van der Waals surface area contributed by atoms with Gasteiger partial charge < -0.3 is 10.1 Å². The molecule has 0 aliphatic heterocycles. The monoisotopic (exact) mass is 377 g/mol. The van der Waals surface area contributed by atoms with Crippen LogP contribution < -0.4 is 10.1 Å². The van der Waals surface area contributed by atoms with Crippen molar-refractivity contribution in [2.75, 3.05) is 12.4 Å². The van der Waals surface area contributed by atoms with Gasteiger partial charge in [0.25, 0.3) is 0 Å². The fraction of sp³-hybridized carbons (Fsp3) is 0.462. The summed E-state index contributed by atoms with van der Waals surface area (Å²) in [5.41, 5.74) is 1.67. The summed E-state index contributed by atoms with van der Waals surface area (Å²) in [5.74, 6) is 0.819. The summed E-state index contributed by atoms with van der Waals surface area (Å²) in [6.45, 7) is 5.91. The van der Waals surface area contributed by atoms with Gasteiger partial charge in [-0.15, -0.1) is 0 Å². The van der Waals surface area contributed by atoms with Gasteiger partial charge in [-0.3, -0.25) is 4.79 Å². The number of rotatable bonds is 4. The zero-order chi connectivity index (χ0) is 13.9. The Morgan fingerprint density at radius 2 is 2.00 bits per heavy atom. The van der Waals surface area contributed by atoms with E-state index in [1.165, 1.54) is 0 Å². The van der Waals surface area contributed by atoms with Gasteiger partial charge in [0.1, 0.15) is 5.75 Å². The number of anilines is 1. The number of alkyl halides is 1. The van der Waals surface area contributed by atoms with Gasteiger partial charge in [0.05, 0.1) is 17.6 Å². The first kappa shape index (κ1) is 15.5. The molecule has 1 aromatic rings. The SMILES string of the molecule is COc1cc(Br)cc(C)c1NC(=O)C(Br)C(C)C. The summed E-state index contributed by atoms with van der Waals surface area (Å²) in [6.07, 6.45) is 0. The summed E-state index contributed by atoms with van der Waals surface area (Å²) >= 11 is 6.79. The molecule has 0 heterocycles. The number of hydrogen-bond acceptors (Lipinski definition) is 2. The molecule has 100 valence electrons. The number of aryl methyl sites for hydroxylation is 1.